The summed E-state index contributed by atoms with van der Waals surface area (Å²) in [4.78, 5) is 16.7. The smallest absolute Gasteiger partial charge is 0.224 e. The fourth-order valence-electron chi connectivity index (χ4n) is 4.12. The Labute approximate surface area is 143 Å². The number of hydrogen-bond donors (Lipinski definition) is 0. The van der Waals surface area contributed by atoms with Gasteiger partial charge in [-0.2, -0.15) is 0 Å². The van der Waals surface area contributed by atoms with Crippen LogP contribution in [0.5, 0.6) is 0 Å². The van der Waals surface area contributed by atoms with Crippen molar-refractivity contribution in [1.82, 2.24) is 9.80 Å². The molecule has 1 aromatic rings. The predicted octanol–water partition coefficient (Wildman–Crippen LogP) is 2.68. The maximum absolute atomic E-state index is 13.1. The van der Waals surface area contributed by atoms with Gasteiger partial charge in [0.05, 0.1) is 13.0 Å². The molecule has 2 aliphatic heterocycles. The van der Waals surface area contributed by atoms with Crippen LogP contribution in [0.4, 0.5) is 4.39 Å². The number of methoxy groups -OCH3 is 1. The van der Waals surface area contributed by atoms with Gasteiger partial charge >= 0.3 is 0 Å². The molecule has 3 rings (SSSR count). The largest absolute Gasteiger partial charge is 0.384 e. The summed E-state index contributed by atoms with van der Waals surface area (Å²) >= 11 is 0. The summed E-state index contributed by atoms with van der Waals surface area (Å²) < 4.78 is 18.1. The minimum Gasteiger partial charge on any atom is -0.384 e. The fraction of sp³-hybridized carbons (Fsp3) is 0.632. The van der Waals surface area contributed by atoms with Crippen molar-refractivity contribution in [1.29, 1.82) is 0 Å². The second-order valence-corrected chi connectivity index (χ2v) is 7.25. The van der Waals surface area contributed by atoms with Gasteiger partial charge in [-0.15, -0.1) is 0 Å². The maximum atomic E-state index is 13.1. The van der Waals surface area contributed by atoms with Crippen molar-refractivity contribution in [3.05, 3.63) is 35.6 Å². The van der Waals surface area contributed by atoms with Crippen LogP contribution in [0.15, 0.2) is 24.3 Å². The number of rotatable bonds is 5. The lowest BCUT2D eigenvalue weighted by atomic mass is 9.79. The van der Waals surface area contributed by atoms with Crippen LogP contribution in [0.1, 0.15) is 31.2 Å². The molecule has 132 valence electrons. The molecule has 0 bridgehead atoms. The second kappa shape index (κ2) is 7.62. The monoisotopic (exact) mass is 334 g/mol. The highest BCUT2D eigenvalue weighted by molar-refractivity contribution is 5.76. The highest BCUT2D eigenvalue weighted by atomic mass is 19.1. The SMILES string of the molecule is COCCC(=O)N1CC[C@]2(CCCN(Cc3ccc(F)cc3)C2)C1. The summed E-state index contributed by atoms with van der Waals surface area (Å²) in [6.45, 7) is 5.20. The predicted molar refractivity (Wildman–Crippen MR) is 91.0 cm³/mol. The number of nitrogens with zero attached hydrogens (tertiary/aromatic N) is 2. The van der Waals surface area contributed by atoms with Gasteiger partial charge in [0.1, 0.15) is 5.82 Å². The first-order valence-electron chi connectivity index (χ1n) is 8.84. The first-order chi connectivity index (χ1) is 11.6. The molecule has 2 fully saturated rings. The van der Waals surface area contributed by atoms with E-state index < -0.39 is 0 Å². The number of ether oxygens (including phenoxy) is 1. The van der Waals surface area contributed by atoms with Crippen LogP contribution in [-0.4, -0.2) is 55.6 Å². The quantitative estimate of drug-likeness (QED) is 0.830. The van der Waals surface area contributed by atoms with Crippen LogP contribution in [0.25, 0.3) is 0 Å². The molecule has 24 heavy (non-hydrogen) atoms. The molecule has 0 unspecified atom stereocenters. The van der Waals surface area contributed by atoms with E-state index in [4.69, 9.17) is 4.74 Å². The second-order valence-electron chi connectivity index (χ2n) is 7.25. The van der Waals surface area contributed by atoms with E-state index in [1.165, 1.54) is 25.0 Å². The average molecular weight is 334 g/mol. The van der Waals surface area contributed by atoms with Gasteiger partial charge in [0.25, 0.3) is 0 Å². The van der Waals surface area contributed by atoms with Crippen molar-refractivity contribution in [3.8, 4) is 0 Å². The van der Waals surface area contributed by atoms with Crippen LogP contribution in [-0.2, 0) is 16.1 Å². The van der Waals surface area contributed by atoms with Gasteiger partial charge in [-0.05, 0) is 43.5 Å². The van der Waals surface area contributed by atoms with Crippen molar-refractivity contribution in [2.24, 2.45) is 5.41 Å². The number of likely N-dealkylation sites (tertiary alicyclic amines) is 2. The molecular weight excluding hydrogens is 307 g/mol. The summed E-state index contributed by atoms with van der Waals surface area (Å²) in [6, 6.07) is 6.79. The molecule has 0 aromatic heterocycles. The number of benzene rings is 1. The zero-order valence-corrected chi connectivity index (χ0v) is 14.5. The maximum Gasteiger partial charge on any atom is 0.224 e. The lowest BCUT2D eigenvalue weighted by Gasteiger charge is -2.40. The van der Waals surface area contributed by atoms with Crippen LogP contribution in [0.3, 0.4) is 0 Å². The van der Waals surface area contributed by atoms with E-state index in [0.717, 1.165) is 44.7 Å². The van der Waals surface area contributed by atoms with Crippen molar-refractivity contribution in [2.45, 2.75) is 32.2 Å². The molecule has 2 heterocycles. The Hall–Kier alpha value is -1.46. The number of carbonyl (C=O) groups excluding carboxylic acids is 1. The van der Waals surface area contributed by atoms with Gasteiger partial charge < -0.3 is 9.64 Å². The highest BCUT2D eigenvalue weighted by Gasteiger charge is 2.42. The molecule has 1 atom stereocenters. The minimum absolute atomic E-state index is 0.185. The molecule has 4 nitrogen and oxygen atoms in total. The van der Waals surface area contributed by atoms with E-state index in [9.17, 15) is 9.18 Å². The van der Waals surface area contributed by atoms with Crippen LogP contribution < -0.4 is 0 Å². The molecule has 0 radical (unpaired) electrons. The molecule has 0 N–H and O–H groups in total. The van der Waals surface area contributed by atoms with E-state index in [1.54, 1.807) is 7.11 Å². The first kappa shape index (κ1) is 17.4. The number of hydrogen-bond acceptors (Lipinski definition) is 3. The summed E-state index contributed by atoms with van der Waals surface area (Å²) in [7, 11) is 1.63. The van der Waals surface area contributed by atoms with Gasteiger partial charge in [-0.1, -0.05) is 12.1 Å². The zero-order chi connectivity index (χ0) is 17.0. The van der Waals surface area contributed by atoms with Crippen molar-refractivity contribution in [3.63, 3.8) is 0 Å². The van der Waals surface area contributed by atoms with Crippen LogP contribution in [0.2, 0.25) is 0 Å². The normalized spacial score (nSPS) is 24.7. The molecule has 2 aliphatic rings. The molecule has 2 saturated heterocycles. The minimum atomic E-state index is -0.185. The van der Waals surface area contributed by atoms with E-state index in [0.29, 0.717) is 13.0 Å². The van der Waals surface area contributed by atoms with E-state index >= 15 is 0 Å². The topological polar surface area (TPSA) is 32.8 Å². The number of halogens is 1. The van der Waals surface area contributed by atoms with Gasteiger partial charge in [0.15, 0.2) is 0 Å². The molecule has 1 aromatic carbocycles. The Morgan fingerprint density at radius 2 is 2.00 bits per heavy atom. The Kier molecular flexibility index (Phi) is 5.51. The number of piperidine rings is 1. The molecular formula is C19H27FN2O2. The molecule has 0 aliphatic carbocycles. The molecule has 1 spiro atoms. The highest BCUT2D eigenvalue weighted by Crippen LogP contribution is 2.39. The van der Waals surface area contributed by atoms with Crippen LogP contribution >= 0.6 is 0 Å². The lowest BCUT2D eigenvalue weighted by Crippen LogP contribution is -2.45. The van der Waals surface area contributed by atoms with Gasteiger partial charge in [-0.25, -0.2) is 4.39 Å². The van der Waals surface area contributed by atoms with Gasteiger partial charge in [-0.3, -0.25) is 9.69 Å². The molecule has 1 amide bonds. The van der Waals surface area contributed by atoms with Gasteiger partial charge in [0, 0.05) is 38.7 Å². The van der Waals surface area contributed by atoms with E-state index in [-0.39, 0.29) is 17.1 Å². The first-order valence-corrected chi connectivity index (χ1v) is 8.84. The zero-order valence-electron chi connectivity index (χ0n) is 14.5. The van der Waals surface area contributed by atoms with Crippen molar-refractivity contribution < 1.29 is 13.9 Å². The van der Waals surface area contributed by atoms with Crippen molar-refractivity contribution >= 4 is 5.91 Å². The summed E-state index contributed by atoms with van der Waals surface area (Å²) in [6.07, 6.45) is 3.93. The van der Waals surface area contributed by atoms with Crippen LogP contribution in [0, 0.1) is 11.2 Å². The standard InChI is InChI=1S/C19H27FN2O2/c1-24-12-7-18(23)22-11-9-19(15-22)8-2-10-21(14-19)13-16-3-5-17(20)6-4-16/h3-6H,2,7-15H2,1H3/t19-/m0/s1. The Morgan fingerprint density at radius 3 is 2.75 bits per heavy atom. The van der Waals surface area contributed by atoms with E-state index in [2.05, 4.69) is 4.90 Å². The fourth-order valence-corrected chi connectivity index (χ4v) is 4.12. The summed E-state index contributed by atoms with van der Waals surface area (Å²) in [5, 5.41) is 0. The molecule has 0 saturated carbocycles. The van der Waals surface area contributed by atoms with E-state index in [1.807, 2.05) is 17.0 Å². The number of amides is 1. The van der Waals surface area contributed by atoms with Crippen molar-refractivity contribution in [2.75, 3.05) is 39.9 Å². The average Bonchev–Trinajstić information content (AvgIpc) is 2.98. The Bertz CT molecular complexity index is 563. The third-order valence-electron chi connectivity index (χ3n) is 5.37. The Morgan fingerprint density at radius 1 is 1.21 bits per heavy atom. The number of carbonyl (C=O) groups is 1. The Balaban J connectivity index is 1.57. The molecule has 5 heteroatoms. The lowest BCUT2D eigenvalue weighted by molar-refractivity contribution is -0.131. The van der Waals surface area contributed by atoms with Gasteiger partial charge in [0.2, 0.25) is 5.91 Å². The summed E-state index contributed by atoms with van der Waals surface area (Å²) in [5.74, 6) is 0.0271. The third kappa shape index (κ3) is 4.14. The third-order valence-corrected chi connectivity index (χ3v) is 5.37. The summed E-state index contributed by atoms with van der Waals surface area (Å²) in [5.41, 5.74) is 1.39.